The number of Topliss-reactive ketones (excluding diaryl/α,β-unsaturated/α-hetero) is 1. The second-order valence-electron chi connectivity index (χ2n) is 8.40. The molecule has 2 aliphatic heterocycles. The van der Waals surface area contributed by atoms with E-state index in [4.69, 9.17) is 4.74 Å². The molecule has 1 aromatic heterocycles. The summed E-state index contributed by atoms with van der Waals surface area (Å²) < 4.78 is 6.15. The number of rotatable bonds is 3. The summed E-state index contributed by atoms with van der Waals surface area (Å²) in [6, 6.07) is 6.00. The van der Waals surface area contributed by atoms with Crippen molar-refractivity contribution in [2.45, 2.75) is 57.6 Å². The summed E-state index contributed by atoms with van der Waals surface area (Å²) in [7, 11) is 0. The quantitative estimate of drug-likeness (QED) is 0.803. The van der Waals surface area contributed by atoms with Crippen LogP contribution in [-0.4, -0.2) is 33.1 Å². The van der Waals surface area contributed by atoms with E-state index in [9.17, 15) is 14.7 Å². The van der Waals surface area contributed by atoms with Gasteiger partial charge in [0, 0.05) is 5.92 Å². The molecule has 7 nitrogen and oxygen atoms in total. The lowest BCUT2D eigenvalue weighted by Gasteiger charge is -2.35. The minimum absolute atomic E-state index is 0.0151. The maximum absolute atomic E-state index is 13.5. The largest absolute Gasteiger partial charge is 0.508 e. The second kappa shape index (κ2) is 7.19. The molecule has 1 fully saturated rings. The average molecular weight is 426 g/mol. The number of benzene rings is 1. The molecule has 3 heterocycles. The van der Waals surface area contributed by atoms with Gasteiger partial charge >= 0.3 is 0 Å². The fourth-order valence-corrected chi connectivity index (χ4v) is 5.48. The summed E-state index contributed by atoms with van der Waals surface area (Å²) in [6.45, 7) is 4.03. The Morgan fingerprint density at radius 3 is 2.73 bits per heavy atom. The molecule has 1 amide bonds. The lowest BCUT2D eigenvalue weighted by Crippen LogP contribution is -2.39. The molecule has 8 heteroatoms. The number of fused-ring (bicyclic) bond motifs is 1. The Labute approximate surface area is 178 Å². The summed E-state index contributed by atoms with van der Waals surface area (Å²) >= 11 is 1.34. The van der Waals surface area contributed by atoms with Crippen LogP contribution in [0.5, 0.6) is 5.75 Å². The predicted molar refractivity (Wildman–Crippen MR) is 111 cm³/mol. The van der Waals surface area contributed by atoms with Crippen molar-refractivity contribution in [3.63, 3.8) is 0 Å². The monoisotopic (exact) mass is 425 g/mol. The van der Waals surface area contributed by atoms with Crippen LogP contribution in [0, 0.1) is 5.92 Å². The number of nitrogens with zero attached hydrogens (tertiary/aromatic N) is 3. The van der Waals surface area contributed by atoms with E-state index < -0.39 is 6.04 Å². The molecule has 1 aliphatic carbocycles. The number of phenols is 1. The Kier molecular flexibility index (Phi) is 4.61. The van der Waals surface area contributed by atoms with Gasteiger partial charge in [0.25, 0.3) is 5.91 Å². The highest BCUT2D eigenvalue weighted by molar-refractivity contribution is 7.15. The predicted octanol–water partition coefficient (Wildman–Crippen LogP) is 3.87. The highest BCUT2D eigenvalue weighted by atomic mass is 32.1. The minimum Gasteiger partial charge on any atom is -0.508 e. The molecule has 1 aromatic carbocycles. The molecule has 0 radical (unpaired) electrons. The van der Waals surface area contributed by atoms with Crippen LogP contribution in [0.25, 0.3) is 0 Å². The lowest BCUT2D eigenvalue weighted by molar-refractivity contribution is -0.131. The van der Waals surface area contributed by atoms with E-state index in [1.54, 1.807) is 18.2 Å². The number of carbonyl (C=O) groups is 2. The average Bonchev–Trinajstić information content (AvgIpc) is 3.32. The number of phenolic OH excluding ortho intramolecular Hbond substituents is 1. The van der Waals surface area contributed by atoms with Gasteiger partial charge in [-0.2, -0.15) is 0 Å². The highest BCUT2D eigenvalue weighted by Crippen LogP contribution is 2.49. The molecule has 0 saturated heterocycles. The van der Waals surface area contributed by atoms with Gasteiger partial charge in [-0.25, -0.2) is 0 Å². The molecule has 1 N–H and O–H groups in total. The molecule has 3 aliphatic rings. The Bertz CT molecular complexity index is 1060. The van der Waals surface area contributed by atoms with Crippen molar-refractivity contribution in [1.82, 2.24) is 10.2 Å². The normalized spacial score (nSPS) is 26.1. The van der Waals surface area contributed by atoms with Crippen LogP contribution >= 0.6 is 11.3 Å². The Balaban J connectivity index is 1.64. The van der Waals surface area contributed by atoms with Crippen LogP contribution in [0.2, 0.25) is 0 Å². The Morgan fingerprint density at radius 1 is 1.20 bits per heavy atom. The lowest BCUT2D eigenvalue weighted by atomic mass is 9.77. The fourth-order valence-electron chi connectivity index (χ4n) is 4.61. The van der Waals surface area contributed by atoms with Crippen molar-refractivity contribution < 1.29 is 19.4 Å². The summed E-state index contributed by atoms with van der Waals surface area (Å²) in [5, 5.41) is 19.8. The van der Waals surface area contributed by atoms with E-state index in [2.05, 4.69) is 10.2 Å². The molecule has 3 atom stereocenters. The Hall–Kier alpha value is -2.74. The standard InChI is InChI=1S/C22H23N3O4S/c1-11(2)20-23-24-22(30-20)25-17(12-6-5-7-13(26)10-12)16-18(27)14-8-3-4-9-15(14)29-19(16)21(25)28/h5-7,10-11,14-15,17,26H,3-4,8-9H2,1-2H3. The van der Waals surface area contributed by atoms with E-state index in [1.807, 2.05) is 19.9 Å². The number of hydrogen-bond donors (Lipinski definition) is 1. The third-order valence-corrected chi connectivity index (χ3v) is 7.30. The van der Waals surface area contributed by atoms with Gasteiger partial charge in [0.15, 0.2) is 11.5 Å². The van der Waals surface area contributed by atoms with Crippen LogP contribution in [0.15, 0.2) is 35.6 Å². The van der Waals surface area contributed by atoms with Crippen LogP contribution in [0.4, 0.5) is 5.13 Å². The summed E-state index contributed by atoms with van der Waals surface area (Å²) in [5.74, 6) is -0.199. The van der Waals surface area contributed by atoms with E-state index in [-0.39, 0.29) is 41.1 Å². The van der Waals surface area contributed by atoms with Crippen LogP contribution in [0.3, 0.4) is 0 Å². The van der Waals surface area contributed by atoms with Gasteiger partial charge in [0.05, 0.1) is 17.5 Å². The first-order chi connectivity index (χ1) is 14.5. The molecule has 1 saturated carbocycles. The number of amides is 1. The maximum atomic E-state index is 13.5. The zero-order valence-corrected chi connectivity index (χ0v) is 17.7. The number of aromatic nitrogens is 2. The molecule has 156 valence electrons. The third-order valence-electron chi connectivity index (χ3n) is 6.08. The smallest absolute Gasteiger partial charge is 0.296 e. The van der Waals surface area contributed by atoms with Crippen molar-refractivity contribution in [1.29, 1.82) is 0 Å². The van der Waals surface area contributed by atoms with Gasteiger partial charge in [0.2, 0.25) is 5.13 Å². The number of hydrogen-bond acceptors (Lipinski definition) is 7. The number of ketones is 1. The third kappa shape index (κ3) is 2.93. The summed E-state index contributed by atoms with van der Waals surface area (Å²) in [4.78, 5) is 28.5. The van der Waals surface area contributed by atoms with Gasteiger partial charge in [-0.1, -0.05) is 43.7 Å². The van der Waals surface area contributed by atoms with Gasteiger partial charge < -0.3 is 9.84 Å². The first-order valence-electron chi connectivity index (χ1n) is 10.4. The zero-order chi connectivity index (χ0) is 21.0. The SMILES string of the molecule is CC(C)c1nnc(N2C(=O)C3=C(C(=O)C4CCCCC4O3)C2c2cccc(O)c2)s1. The molecule has 0 spiro atoms. The minimum atomic E-state index is -0.678. The van der Waals surface area contributed by atoms with E-state index in [1.165, 1.54) is 16.2 Å². The van der Waals surface area contributed by atoms with Crippen LogP contribution in [0.1, 0.15) is 62.1 Å². The highest BCUT2D eigenvalue weighted by Gasteiger charge is 2.53. The van der Waals surface area contributed by atoms with Gasteiger partial charge in [-0.05, 0) is 37.0 Å². The van der Waals surface area contributed by atoms with E-state index in [0.717, 1.165) is 30.7 Å². The number of carbonyl (C=O) groups excluding carboxylic acids is 2. The van der Waals surface area contributed by atoms with E-state index >= 15 is 0 Å². The first kappa shape index (κ1) is 19.2. The summed E-state index contributed by atoms with van der Waals surface area (Å²) in [5.41, 5.74) is 1.04. The van der Waals surface area contributed by atoms with Crippen molar-refractivity contribution >= 4 is 28.2 Å². The first-order valence-corrected chi connectivity index (χ1v) is 11.2. The fraction of sp³-hybridized carbons (Fsp3) is 0.455. The van der Waals surface area contributed by atoms with Crippen molar-refractivity contribution in [3.8, 4) is 5.75 Å². The Morgan fingerprint density at radius 2 is 2.00 bits per heavy atom. The summed E-state index contributed by atoms with van der Waals surface area (Å²) in [6.07, 6.45) is 3.31. The molecule has 2 aromatic rings. The van der Waals surface area contributed by atoms with Gasteiger partial charge in [-0.3, -0.25) is 14.5 Å². The number of anilines is 1. The number of aromatic hydroxyl groups is 1. The van der Waals surface area contributed by atoms with Crippen LogP contribution < -0.4 is 4.90 Å². The second-order valence-corrected chi connectivity index (χ2v) is 9.39. The molecule has 5 rings (SSSR count). The van der Waals surface area contributed by atoms with Gasteiger partial charge in [-0.15, -0.1) is 10.2 Å². The molecular formula is C22H23N3O4S. The molecule has 0 bridgehead atoms. The van der Waals surface area contributed by atoms with E-state index in [0.29, 0.717) is 16.3 Å². The number of ether oxygens (including phenoxy) is 1. The maximum Gasteiger partial charge on any atom is 0.296 e. The molecular weight excluding hydrogens is 402 g/mol. The van der Waals surface area contributed by atoms with Crippen molar-refractivity contribution in [2.24, 2.45) is 5.92 Å². The molecule has 3 unspecified atom stereocenters. The van der Waals surface area contributed by atoms with Crippen molar-refractivity contribution in [3.05, 3.63) is 46.2 Å². The van der Waals surface area contributed by atoms with Crippen molar-refractivity contribution in [2.75, 3.05) is 4.90 Å². The zero-order valence-electron chi connectivity index (χ0n) is 16.9. The van der Waals surface area contributed by atoms with Gasteiger partial charge in [0.1, 0.15) is 16.9 Å². The topological polar surface area (TPSA) is 92.6 Å². The molecule has 30 heavy (non-hydrogen) atoms. The van der Waals surface area contributed by atoms with Crippen LogP contribution in [-0.2, 0) is 14.3 Å².